The fraction of sp³-hybridized carbons (Fsp3) is 0.733. The topological polar surface area (TPSA) is 123 Å². The first-order valence-corrected chi connectivity index (χ1v) is 9.62. The maximum atomic E-state index is 10.6. The molecule has 1 aliphatic rings. The van der Waals surface area contributed by atoms with E-state index in [0.29, 0.717) is 18.6 Å². The van der Waals surface area contributed by atoms with Crippen molar-refractivity contribution in [2.24, 2.45) is 15.7 Å². The van der Waals surface area contributed by atoms with Gasteiger partial charge in [-0.15, -0.1) is 11.8 Å². The average Bonchev–Trinajstić information content (AvgIpc) is 3.10. The van der Waals surface area contributed by atoms with E-state index in [1.54, 1.807) is 0 Å². The molecule has 0 aromatic heterocycles. The van der Waals surface area contributed by atoms with Crippen molar-refractivity contribution in [2.45, 2.75) is 45.1 Å². The zero-order valence-corrected chi connectivity index (χ0v) is 16.1. The van der Waals surface area contributed by atoms with Crippen LogP contribution in [0, 0.1) is 10.1 Å². The Morgan fingerprint density at radius 3 is 2.64 bits per heavy atom. The number of halogens is 1. The van der Waals surface area contributed by atoms with E-state index >= 15 is 0 Å². The number of ether oxygens (including phenoxy) is 1. The summed E-state index contributed by atoms with van der Waals surface area (Å²) >= 11 is 7.03. The van der Waals surface area contributed by atoms with Crippen LogP contribution >= 0.6 is 23.4 Å². The van der Waals surface area contributed by atoms with Crippen LogP contribution in [0.5, 0.6) is 0 Å². The Kier molecular flexibility index (Phi) is 14.4. The van der Waals surface area contributed by atoms with E-state index in [-0.39, 0.29) is 17.6 Å². The lowest BCUT2D eigenvalue weighted by molar-refractivity contribution is -0.415. The molecule has 10 heteroatoms. The highest BCUT2D eigenvalue weighted by Crippen LogP contribution is 2.20. The minimum absolute atomic E-state index is 0.163. The molecule has 0 bridgehead atoms. The monoisotopic (exact) mass is 394 g/mol. The smallest absolute Gasteiger partial charge is 0.347 e. The van der Waals surface area contributed by atoms with Crippen molar-refractivity contribution in [3.63, 3.8) is 0 Å². The molecule has 1 aliphatic carbocycles. The van der Waals surface area contributed by atoms with Gasteiger partial charge in [0.1, 0.15) is 0 Å². The third-order valence-corrected chi connectivity index (χ3v) is 4.49. The fourth-order valence-electron chi connectivity index (χ4n) is 2.02. The van der Waals surface area contributed by atoms with Gasteiger partial charge in [0.25, 0.3) is 0 Å². The minimum Gasteiger partial charge on any atom is -0.394 e. The first-order valence-electron chi connectivity index (χ1n) is 8.09. The van der Waals surface area contributed by atoms with Crippen LogP contribution in [0.15, 0.2) is 20.8 Å². The van der Waals surface area contributed by atoms with Crippen molar-refractivity contribution in [1.29, 1.82) is 0 Å². The predicted molar refractivity (Wildman–Crippen MR) is 104 cm³/mol. The number of aliphatic imine (C=N–C) groups is 2. The Morgan fingerprint density at radius 1 is 1.52 bits per heavy atom. The number of aliphatic hydroxyl groups is 1. The number of rotatable bonds is 10. The standard InChI is InChI=1S/C8H13ClN4O2S.C7H14O2/c1-3-4-16-5-12-8(10)6(13(14)15)7(9)11-2;8-5-6-9-7-3-1-2-4-7/h2-5H2,1H3,(H2,10,12);7-8H,1-6H2/b7-6+;. The lowest BCUT2D eigenvalue weighted by Crippen LogP contribution is -2.21. The van der Waals surface area contributed by atoms with Crippen LogP contribution in [-0.4, -0.2) is 53.5 Å². The summed E-state index contributed by atoms with van der Waals surface area (Å²) in [7, 11) is 0. The van der Waals surface area contributed by atoms with Crippen LogP contribution in [0.2, 0.25) is 0 Å². The summed E-state index contributed by atoms with van der Waals surface area (Å²) in [5.41, 5.74) is 4.94. The molecule has 0 spiro atoms. The molecule has 144 valence electrons. The lowest BCUT2D eigenvalue weighted by atomic mass is 10.3. The van der Waals surface area contributed by atoms with Crippen LogP contribution in [0.25, 0.3) is 0 Å². The van der Waals surface area contributed by atoms with Crippen LogP contribution in [0.3, 0.4) is 0 Å². The summed E-state index contributed by atoms with van der Waals surface area (Å²) in [5, 5.41) is 18.7. The van der Waals surface area contributed by atoms with Gasteiger partial charge in [0.05, 0.1) is 30.1 Å². The fourth-order valence-corrected chi connectivity index (χ4v) is 2.84. The number of hydrogen-bond donors (Lipinski definition) is 2. The SMILES string of the molecule is C=N/C(Cl)=C(\C(N)=N/CSCCC)[N+](=O)[O-].OCCOC1CCCC1. The third kappa shape index (κ3) is 11.1. The Bertz CT molecular complexity index is 468. The number of thioether (sulfide) groups is 1. The Morgan fingerprint density at radius 2 is 2.16 bits per heavy atom. The molecule has 3 N–H and O–H groups in total. The van der Waals surface area contributed by atoms with Crippen molar-refractivity contribution in [2.75, 3.05) is 24.8 Å². The van der Waals surface area contributed by atoms with Gasteiger partial charge in [-0.2, -0.15) is 0 Å². The molecule has 0 unspecified atom stereocenters. The summed E-state index contributed by atoms with van der Waals surface area (Å²) in [6.45, 7) is 5.81. The Labute approximate surface area is 157 Å². The number of hydrogen-bond acceptors (Lipinski definition) is 7. The van der Waals surface area contributed by atoms with Crippen molar-refractivity contribution in [3.8, 4) is 0 Å². The molecule has 0 aliphatic heterocycles. The number of nitro groups is 1. The molecule has 0 aromatic carbocycles. The molecular weight excluding hydrogens is 368 g/mol. The molecule has 8 nitrogen and oxygen atoms in total. The molecule has 25 heavy (non-hydrogen) atoms. The van der Waals surface area contributed by atoms with Gasteiger partial charge in [0.15, 0.2) is 0 Å². The minimum atomic E-state index is -0.722. The highest BCUT2D eigenvalue weighted by Gasteiger charge is 2.21. The van der Waals surface area contributed by atoms with E-state index in [1.165, 1.54) is 37.4 Å². The number of aliphatic hydroxyl groups excluding tert-OH is 1. The molecule has 0 atom stereocenters. The van der Waals surface area contributed by atoms with Gasteiger partial charge in [-0.05, 0) is 31.7 Å². The average molecular weight is 395 g/mol. The third-order valence-electron chi connectivity index (χ3n) is 3.18. The van der Waals surface area contributed by atoms with Gasteiger partial charge in [0.2, 0.25) is 11.0 Å². The molecule has 1 rings (SSSR count). The molecule has 0 heterocycles. The number of nitrogens with two attached hydrogens (primary N) is 1. The van der Waals surface area contributed by atoms with Crippen molar-refractivity contribution >= 4 is 35.9 Å². The molecule has 1 fully saturated rings. The van der Waals surface area contributed by atoms with E-state index < -0.39 is 10.6 Å². The summed E-state index contributed by atoms with van der Waals surface area (Å²) in [6.07, 6.45) is 6.45. The van der Waals surface area contributed by atoms with E-state index in [4.69, 9.17) is 27.2 Å². The van der Waals surface area contributed by atoms with E-state index in [9.17, 15) is 10.1 Å². The largest absolute Gasteiger partial charge is 0.394 e. The molecule has 1 saturated carbocycles. The first-order chi connectivity index (χ1) is 12.0. The summed E-state index contributed by atoms with van der Waals surface area (Å²) in [6, 6.07) is 0. The molecule has 0 saturated heterocycles. The van der Waals surface area contributed by atoms with E-state index in [0.717, 1.165) is 12.2 Å². The summed E-state index contributed by atoms with van der Waals surface area (Å²) in [5.74, 6) is 1.05. The van der Waals surface area contributed by atoms with Crippen molar-refractivity contribution in [1.82, 2.24) is 0 Å². The highest BCUT2D eigenvalue weighted by molar-refractivity contribution is 7.99. The normalized spacial score (nSPS) is 16.0. The summed E-state index contributed by atoms with van der Waals surface area (Å²) in [4.78, 5) is 17.0. The highest BCUT2D eigenvalue weighted by atomic mass is 35.5. The summed E-state index contributed by atoms with van der Waals surface area (Å²) < 4.78 is 5.30. The van der Waals surface area contributed by atoms with Crippen LogP contribution in [0.1, 0.15) is 39.0 Å². The Hall–Kier alpha value is -1.16. The first kappa shape index (κ1) is 23.8. The van der Waals surface area contributed by atoms with E-state index in [2.05, 4.69) is 16.7 Å². The maximum absolute atomic E-state index is 10.6. The van der Waals surface area contributed by atoms with Crippen LogP contribution in [-0.2, 0) is 4.74 Å². The van der Waals surface area contributed by atoms with Gasteiger partial charge in [-0.25, -0.2) is 4.99 Å². The van der Waals surface area contributed by atoms with Gasteiger partial charge in [-0.1, -0.05) is 31.4 Å². The molecule has 0 aromatic rings. The zero-order chi connectivity index (χ0) is 19.1. The maximum Gasteiger partial charge on any atom is 0.347 e. The number of amidine groups is 1. The quantitative estimate of drug-likeness (QED) is 0.147. The van der Waals surface area contributed by atoms with Gasteiger partial charge >= 0.3 is 5.70 Å². The molecule has 0 radical (unpaired) electrons. The Balaban J connectivity index is 0.000000535. The number of nitrogens with zero attached hydrogens (tertiary/aromatic N) is 3. The van der Waals surface area contributed by atoms with Gasteiger partial charge < -0.3 is 15.6 Å². The lowest BCUT2D eigenvalue weighted by Gasteiger charge is -2.07. The predicted octanol–water partition coefficient (Wildman–Crippen LogP) is 2.77. The molecular formula is C15H27ClN4O4S. The van der Waals surface area contributed by atoms with Gasteiger partial charge in [-0.3, -0.25) is 15.1 Å². The second kappa shape index (κ2) is 15.1. The van der Waals surface area contributed by atoms with Crippen molar-refractivity contribution in [3.05, 3.63) is 21.0 Å². The second-order valence-electron chi connectivity index (χ2n) is 5.14. The second-order valence-corrected chi connectivity index (χ2v) is 6.57. The van der Waals surface area contributed by atoms with E-state index in [1.807, 2.05) is 6.92 Å². The molecule has 0 amide bonds. The van der Waals surface area contributed by atoms with Crippen molar-refractivity contribution < 1.29 is 14.8 Å². The van der Waals surface area contributed by atoms with Gasteiger partial charge in [0, 0.05) is 0 Å². The van der Waals surface area contributed by atoms with Crippen LogP contribution < -0.4 is 5.73 Å². The van der Waals surface area contributed by atoms with Crippen LogP contribution in [0.4, 0.5) is 0 Å². The zero-order valence-electron chi connectivity index (χ0n) is 14.5.